The average molecular weight is 454 g/mol. The summed E-state index contributed by atoms with van der Waals surface area (Å²) in [4.78, 5) is 0.925. The summed E-state index contributed by atoms with van der Waals surface area (Å²) < 4.78 is 29.3. The van der Waals surface area contributed by atoms with Gasteiger partial charge in [0.1, 0.15) is 4.90 Å². The van der Waals surface area contributed by atoms with Crippen LogP contribution in [0.15, 0.2) is 31.4 Å². The number of halogens is 2. The molecule has 8 heteroatoms. The van der Waals surface area contributed by atoms with E-state index in [1.807, 2.05) is 19.1 Å². The average Bonchev–Trinajstić information content (AvgIpc) is 2.76. The van der Waals surface area contributed by atoms with Crippen LogP contribution < -0.4 is 10.5 Å². The molecule has 0 aliphatic heterocycles. The second-order valence-electron chi connectivity index (χ2n) is 4.58. The number of nitrogens with two attached hydrogens (primary N) is 1. The van der Waals surface area contributed by atoms with Crippen molar-refractivity contribution in [1.82, 2.24) is 0 Å². The molecule has 0 saturated heterocycles. The SMILES string of the molecule is Cc1cc(Br)c(NS(=O)(=O)c2c(C)csc2CN)c(Br)c1. The molecule has 0 bridgehead atoms. The van der Waals surface area contributed by atoms with Gasteiger partial charge in [0.25, 0.3) is 10.0 Å². The van der Waals surface area contributed by atoms with E-state index in [-0.39, 0.29) is 11.4 Å². The van der Waals surface area contributed by atoms with E-state index in [1.54, 1.807) is 12.3 Å². The number of nitrogens with one attached hydrogen (secondary N) is 1. The molecule has 0 saturated carbocycles. The molecule has 0 fully saturated rings. The molecular formula is C13H14Br2N2O2S2. The van der Waals surface area contributed by atoms with Crippen molar-refractivity contribution in [3.8, 4) is 0 Å². The third-order valence-electron chi connectivity index (χ3n) is 2.87. The van der Waals surface area contributed by atoms with Gasteiger partial charge in [-0.3, -0.25) is 4.72 Å². The lowest BCUT2D eigenvalue weighted by atomic mass is 10.2. The Hall–Kier alpha value is -0.410. The number of aryl methyl sites for hydroxylation is 2. The lowest BCUT2D eigenvalue weighted by Crippen LogP contribution is -2.16. The zero-order valence-electron chi connectivity index (χ0n) is 11.4. The van der Waals surface area contributed by atoms with Crippen LogP contribution in [-0.4, -0.2) is 8.42 Å². The Labute approximate surface area is 145 Å². The van der Waals surface area contributed by atoms with Crippen molar-refractivity contribution >= 4 is 58.9 Å². The first kappa shape index (κ1) is 17.0. The van der Waals surface area contributed by atoms with E-state index in [9.17, 15) is 8.42 Å². The highest BCUT2D eigenvalue weighted by Gasteiger charge is 2.24. The minimum Gasteiger partial charge on any atom is -0.326 e. The maximum Gasteiger partial charge on any atom is 0.263 e. The number of rotatable bonds is 4. The van der Waals surface area contributed by atoms with Crippen molar-refractivity contribution in [2.45, 2.75) is 25.3 Å². The lowest BCUT2D eigenvalue weighted by Gasteiger charge is -2.13. The van der Waals surface area contributed by atoms with E-state index in [2.05, 4.69) is 36.6 Å². The van der Waals surface area contributed by atoms with Crippen LogP contribution in [-0.2, 0) is 16.6 Å². The second-order valence-corrected chi connectivity index (χ2v) is 8.88. The molecule has 0 atom stereocenters. The van der Waals surface area contributed by atoms with Crippen LogP contribution in [0.4, 0.5) is 5.69 Å². The minimum atomic E-state index is -3.68. The summed E-state index contributed by atoms with van der Waals surface area (Å²) in [5.74, 6) is 0. The normalized spacial score (nSPS) is 11.7. The molecule has 0 aliphatic carbocycles. The molecule has 1 aromatic heterocycles. The fraction of sp³-hybridized carbons (Fsp3) is 0.231. The summed E-state index contributed by atoms with van der Waals surface area (Å²) in [6.07, 6.45) is 0. The molecule has 1 heterocycles. The Morgan fingerprint density at radius 3 is 2.33 bits per heavy atom. The Morgan fingerprint density at radius 2 is 1.81 bits per heavy atom. The number of sulfonamides is 1. The van der Waals surface area contributed by atoms with Crippen LogP contribution in [0.5, 0.6) is 0 Å². The molecule has 114 valence electrons. The van der Waals surface area contributed by atoms with Gasteiger partial charge in [-0.05, 0) is 74.3 Å². The van der Waals surface area contributed by atoms with Gasteiger partial charge in [0.2, 0.25) is 0 Å². The summed E-state index contributed by atoms with van der Waals surface area (Å²) in [5.41, 5.74) is 7.83. The lowest BCUT2D eigenvalue weighted by molar-refractivity contribution is 0.600. The van der Waals surface area contributed by atoms with Crippen molar-refractivity contribution in [2.75, 3.05) is 4.72 Å². The van der Waals surface area contributed by atoms with Crippen LogP contribution in [0.1, 0.15) is 16.0 Å². The summed E-state index contributed by atoms with van der Waals surface area (Å²) in [5, 5.41) is 1.80. The first-order chi connectivity index (χ1) is 9.76. The van der Waals surface area contributed by atoms with Crippen molar-refractivity contribution < 1.29 is 8.42 Å². The highest BCUT2D eigenvalue weighted by molar-refractivity contribution is 9.11. The van der Waals surface area contributed by atoms with Gasteiger partial charge in [0, 0.05) is 20.4 Å². The van der Waals surface area contributed by atoms with Gasteiger partial charge in [-0.25, -0.2) is 8.42 Å². The maximum atomic E-state index is 12.7. The van der Waals surface area contributed by atoms with Crippen molar-refractivity contribution in [3.63, 3.8) is 0 Å². The molecule has 0 spiro atoms. The highest BCUT2D eigenvalue weighted by atomic mass is 79.9. The van der Waals surface area contributed by atoms with E-state index in [0.29, 0.717) is 25.1 Å². The topological polar surface area (TPSA) is 72.2 Å². The number of benzene rings is 1. The molecule has 2 rings (SSSR count). The van der Waals surface area contributed by atoms with Crippen LogP contribution in [0.3, 0.4) is 0 Å². The predicted molar refractivity (Wildman–Crippen MR) is 94.3 cm³/mol. The molecule has 0 aliphatic rings. The monoisotopic (exact) mass is 452 g/mol. The third-order valence-corrected chi connectivity index (χ3v) is 6.95. The zero-order chi connectivity index (χ0) is 15.8. The van der Waals surface area contributed by atoms with Crippen LogP contribution in [0, 0.1) is 13.8 Å². The van der Waals surface area contributed by atoms with E-state index < -0.39 is 10.0 Å². The Kier molecular flexibility index (Phi) is 5.15. The first-order valence-electron chi connectivity index (χ1n) is 6.01. The van der Waals surface area contributed by atoms with Crippen LogP contribution in [0.25, 0.3) is 0 Å². The number of hydrogen-bond donors (Lipinski definition) is 2. The van der Waals surface area contributed by atoms with Gasteiger partial charge in [0.05, 0.1) is 5.69 Å². The molecule has 3 N–H and O–H groups in total. The third kappa shape index (κ3) is 3.50. The summed E-state index contributed by atoms with van der Waals surface area (Å²) >= 11 is 8.13. The number of anilines is 1. The van der Waals surface area contributed by atoms with Crippen LogP contribution >= 0.6 is 43.2 Å². The quantitative estimate of drug-likeness (QED) is 0.730. The maximum absolute atomic E-state index is 12.7. The van der Waals surface area contributed by atoms with E-state index in [1.165, 1.54) is 11.3 Å². The van der Waals surface area contributed by atoms with Gasteiger partial charge >= 0.3 is 0 Å². The Balaban J connectivity index is 2.50. The fourth-order valence-electron chi connectivity index (χ4n) is 1.97. The molecule has 2 aromatic rings. The minimum absolute atomic E-state index is 0.199. The van der Waals surface area contributed by atoms with Gasteiger partial charge in [0.15, 0.2) is 0 Å². The highest BCUT2D eigenvalue weighted by Crippen LogP contribution is 2.35. The molecule has 4 nitrogen and oxygen atoms in total. The van der Waals surface area contributed by atoms with E-state index >= 15 is 0 Å². The first-order valence-corrected chi connectivity index (χ1v) is 9.96. The standard InChI is InChI=1S/C13H14Br2N2O2S2/c1-7-3-9(14)12(10(15)4-7)17-21(18,19)13-8(2)6-20-11(13)5-16/h3-4,6,17H,5,16H2,1-2H3. The Morgan fingerprint density at radius 1 is 1.24 bits per heavy atom. The smallest absolute Gasteiger partial charge is 0.263 e. The molecule has 0 unspecified atom stereocenters. The van der Waals surface area contributed by atoms with E-state index in [0.717, 1.165) is 5.56 Å². The van der Waals surface area contributed by atoms with E-state index in [4.69, 9.17) is 5.73 Å². The van der Waals surface area contributed by atoms with Crippen molar-refractivity contribution in [2.24, 2.45) is 5.73 Å². The summed E-state index contributed by atoms with van der Waals surface area (Å²) in [6.45, 7) is 3.90. The molecule has 1 aromatic carbocycles. The largest absolute Gasteiger partial charge is 0.326 e. The summed E-state index contributed by atoms with van der Waals surface area (Å²) in [7, 11) is -3.68. The number of hydrogen-bond acceptors (Lipinski definition) is 4. The predicted octanol–water partition coefficient (Wildman–Crippen LogP) is 4.15. The summed E-state index contributed by atoms with van der Waals surface area (Å²) in [6, 6.07) is 3.71. The molecule has 0 amide bonds. The van der Waals surface area contributed by atoms with Crippen LogP contribution in [0.2, 0.25) is 0 Å². The van der Waals surface area contributed by atoms with Gasteiger partial charge in [-0.15, -0.1) is 11.3 Å². The molecule has 0 radical (unpaired) electrons. The molecule has 21 heavy (non-hydrogen) atoms. The van der Waals surface area contributed by atoms with Crippen molar-refractivity contribution in [1.29, 1.82) is 0 Å². The molecular weight excluding hydrogens is 440 g/mol. The van der Waals surface area contributed by atoms with Crippen molar-refractivity contribution in [3.05, 3.63) is 42.5 Å². The Bertz CT molecular complexity index is 762. The fourth-order valence-corrected chi connectivity index (χ4v) is 6.65. The van der Waals surface area contributed by atoms with Gasteiger partial charge in [-0.2, -0.15) is 0 Å². The zero-order valence-corrected chi connectivity index (χ0v) is 16.2. The van der Waals surface area contributed by atoms with Gasteiger partial charge < -0.3 is 5.73 Å². The second kappa shape index (κ2) is 6.37. The van der Waals surface area contributed by atoms with Gasteiger partial charge in [-0.1, -0.05) is 0 Å². The number of thiophene rings is 1.